The van der Waals surface area contributed by atoms with Gasteiger partial charge in [0.25, 0.3) is 0 Å². The first-order valence-corrected chi connectivity index (χ1v) is 9.80. The highest BCUT2D eigenvalue weighted by Gasteiger charge is 2.15. The van der Waals surface area contributed by atoms with Crippen molar-refractivity contribution in [3.63, 3.8) is 0 Å². The third-order valence-corrected chi connectivity index (χ3v) is 4.51. The molecule has 0 aromatic heterocycles. The first-order valence-electron chi connectivity index (χ1n) is 9.80. The Bertz CT molecular complexity index is 515. The number of ether oxygens (including phenoxy) is 1. The van der Waals surface area contributed by atoms with Crippen LogP contribution < -0.4 is 0 Å². The molecule has 0 saturated carbocycles. The Morgan fingerprint density at radius 1 is 0.923 bits per heavy atom. The van der Waals surface area contributed by atoms with Gasteiger partial charge in [-0.1, -0.05) is 44.2 Å². The van der Waals surface area contributed by atoms with Gasteiger partial charge < -0.3 is 14.5 Å². The molecule has 0 heterocycles. The molecule has 1 amide bonds. The van der Waals surface area contributed by atoms with Crippen molar-refractivity contribution in [2.75, 3.05) is 39.3 Å². The zero-order chi connectivity index (χ0) is 19.2. The van der Waals surface area contributed by atoms with E-state index in [0.717, 1.165) is 38.0 Å². The Hall–Kier alpha value is -1.88. The number of carbonyl (C=O) groups is 2. The van der Waals surface area contributed by atoms with E-state index in [-0.39, 0.29) is 18.3 Å². The highest BCUT2D eigenvalue weighted by atomic mass is 16.5. The summed E-state index contributed by atoms with van der Waals surface area (Å²) in [6, 6.07) is 10.0. The van der Waals surface area contributed by atoms with Gasteiger partial charge in [-0.3, -0.25) is 9.59 Å². The molecule has 0 radical (unpaired) electrons. The first-order chi connectivity index (χ1) is 12.6. The molecular weight excluding hydrogens is 328 g/mol. The molecule has 146 valence electrons. The Morgan fingerprint density at radius 3 is 2.23 bits per heavy atom. The quantitative estimate of drug-likeness (QED) is 0.506. The van der Waals surface area contributed by atoms with Crippen LogP contribution in [0.3, 0.4) is 0 Å². The second-order valence-corrected chi connectivity index (χ2v) is 6.30. The highest BCUT2D eigenvalue weighted by Crippen LogP contribution is 2.07. The van der Waals surface area contributed by atoms with Crippen molar-refractivity contribution in [2.45, 2.75) is 46.5 Å². The molecule has 26 heavy (non-hydrogen) atoms. The summed E-state index contributed by atoms with van der Waals surface area (Å²) < 4.78 is 4.99. The molecule has 0 unspecified atom stereocenters. The van der Waals surface area contributed by atoms with E-state index in [2.05, 4.69) is 18.7 Å². The molecule has 0 aliphatic carbocycles. The second kappa shape index (κ2) is 13.3. The third kappa shape index (κ3) is 8.99. The molecule has 0 aliphatic heterocycles. The van der Waals surface area contributed by atoms with Crippen molar-refractivity contribution in [1.82, 2.24) is 9.80 Å². The summed E-state index contributed by atoms with van der Waals surface area (Å²) >= 11 is 0. The Balaban J connectivity index is 2.53. The monoisotopic (exact) mass is 362 g/mol. The Morgan fingerprint density at radius 2 is 1.62 bits per heavy atom. The Labute approximate surface area is 158 Å². The minimum Gasteiger partial charge on any atom is -0.466 e. The number of hydrogen-bond donors (Lipinski definition) is 0. The molecule has 1 aromatic carbocycles. The Kier molecular flexibility index (Phi) is 11.4. The second-order valence-electron chi connectivity index (χ2n) is 6.30. The van der Waals surface area contributed by atoms with E-state index in [4.69, 9.17) is 4.74 Å². The summed E-state index contributed by atoms with van der Waals surface area (Å²) in [5, 5.41) is 0. The van der Waals surface area contributed by atoms with Gasteiger partial charge >= 0.3 is 5.97 Å². The molecule has 0 N–H and O–H groups in total. The number of aryl methyl sites for hydroxylation is 1. The summed E-state index contributed by atoms with van der Waals surface area (Å²) in [5.41, 5.74) is 1.16. The van der Waals surface area contributed by atoms with Crippen LogP contribution in [0.4, 0.5) is 0 Å². The fourth-order valence-electron chi connectivity index (χ4n) is 2.90. The largest absolute Gasteiger partial charge is 0.466 e. The fraction of sp³-hybridized carbons (Fsp3) is 0.619. The number of esters is 1. The van der Waals surface area contributed by atoms with Crippen molar-refractivity contribution in [2.24, 2.45) is 0 Å². The van der Waals surface area contributed by atoms with Gasteiger partial charge in [-0.05, 0) is 45.0 Å². The van der Waals surface area contributed by atoms with Gasteiger partial charge in [-0.15, -0.1) is 0 Å². The maximum atomic E-state index is 12.7. The van der Waals surface area contributed by atoms with Crippen LogP contribution in [0.2, 0.25) is 0 Å². The SMILES string of the molecule is CCOC(=O)CCN(CCCN(CC)CC)C(=O)CCc1ccccc1. The molecule has 0 saturated heterocycles. The number of benzene rings is 1. The van der Waals surface area contributed by atoms with Crippen LogP contribution in [0.1, 0.15) is 45.6 Å². The normalized spacial score (nSPS) is 10.8. The first kappa shape index (κ1) is 22.2. The lowest BCUT2D eigenvalue weighted by Crippen LogP contribution is -2.36. The van der Waals surface area contributed by atoms with Crippen LogP contribution in [0.25, 0.3) is 0 Å². The molecule has 5 heteroatoms. The summed E-state index contributed by atoms with van der Waals surface area (Å²) in [5.74, 6) is -0.130. The molecule has 0 aliphatic rings. The number of carbonyl (C=O) groups excluding carboxylic acids is 2. The zero-order valence-corrected chi connectivity index (χ0v) is 16.6. The van der Waals surface area contributed by atoms with Crippen molar-refractivity contribution in [3.05, 3.63) is 35.9 Å². The lowest BCUT2D eigenvalue weighted by atomic mass is 10.1. The maximum Gasteiger partial charge on any atom is 0.307 e. The van der Waals surface area contributed by atoms with Crippen LogP contribution in [0, 0.1) is 0 Å². The number of hydrogen-bond acceptors (Lipinski definition) is 4. The van der Waals surface area contributed by atoms with E-state index < -0.39 is 0 Å². The van der Waals surface area contributed by atoms with Gasteiger partial charge in [0.15, 0.2) is 0 Å². The highest BCUT2D eigenvalue weighted by molar-refractivity contribution is 5.77. The molecule has 0 spiro atoms. The molecule has 0 fully saturated rings. The topological polar surface area (TPSA) is 49.9 Å². The lowest BCUT2D eigenvalue weighted by molar-refractivity contribution is -0.144. The van der Waals surface area contributed by atoms with Gasteiger partial charge in [0.1, 0.15) is 0 Å². The van der Waals surface area contributed by atoms with E-state index in [1.54, 1.807) is 6.92 Å². The van der Waals surface area contributed by atoms with E-state index in [0.29, 0.717) is 26.1 Å². The van der Waals surface area contributed by atoms with Crippen LogP contribution in [0.5, 0.6) is 0 Å². The minimum absolute atomic E-state index is 0.109. The summed E-state index contributed by atoms with van der Waals surface area (Å²) in [6.45, 7) is 10.6. The van der Waals surface area contributed by atoms with Crippen LogP contribution in [0.15, 0.2) is 30.3 Å². The molecule has 5 nitrogen and oxygen atoms in total. The molecule has 1 rings (SSSR count). The zero-order valence-electron chi connectivity index (χ0n) is 16.6. The lowest BCUT2D eigenvalue weighted by Gasteiger charge is -2.25. The molecular formula is C21H34N2O3. The van der Waals surface area contributed by atoms with E-state index >= 15 is 0 Å². The molecule has 0 bridgehead atoms. The van der Waals surface area contributed by atoms with Crippen LogP contribution in [-0.2, 0) is 20.7 Å². The van der Waals surface area contributed by atoms with E-state index in [1.165, 1.54) is 0 Å². The molecule has 1 aromatic rings. The van der Waals surface area contributed by atoms with E-state index in [9.17, 15) is 9.59 Å². The van der Waals surface area contributed by atoms with Gasteiger partial charge in [-0.2, -0.15) is 0 Å². The van der Waals surface area contributed by atoms with Crippen LogP contribution >= 0.6 is 0 Å². The number of nitrogens with zero attached hydrogens (tertiary/aromatic N) is 2. The van der Waals surface area contributed by atoms with E-state index in [1.807, 2.05) is 35.2 Å². The fourth-order valence-corrected chi connectivity index (χ4v) is 2.90. The summed E-state index contributed by atoms with van der Waals surface area (Å²) in [4.78, 5) is 28.5. The predicted octanol–water partition coefficient (Wildman–Crippen LogP) is 3.13. The summed E-state index contributed by atoms with van der Waals surface area (Å²) in [6.07, 6.45) is 2.38. The van der Waals surface area contributed by atoms with Crippen molar-refractivity contribution in [1.29, 1.82) is 0 Å². The van der Waals surface area contributed by atoms with Crippen molar-refractivity contribution >= 4 is 11.9 Å². The standard InChI is InChI=1S/C21H34N2O3/c1-4-22(5-2)16-10-17-23(18-15-21(25)26-6-3)20(24)14-13-19-11-8-7-9-12-19/h7-9,11-12H,4-6,10,13-18H2,1-3H3. The van der Waals surface area contributed by atoms with Gasteiger partial charge in [-0.25, -0.2) is 0 Å². The smallest absolute Gasteiger partial charge is 0.307 e. The van der Waals surface area contributed by atoms with Gasteiger partial charge in [0.2, 0.25) is 5.91 Å². The van der Waals surface area contributed by atoms with Crippen molar-refractivity contribution < 1.29 is 14.3 Å². The van der Waals surface area contributed by atoms with Gasteiger partial charge in [0.05, 0.1) is 13.0 Å². The maximum absolute atomic E-state index is 12.7. The van der Waals surface area contributed by atoms with Gasteiger partial charge in [0, 0.05) is 19.5 Å². The summed E-state index contributed by atoms with van der Waals surface area (Å²) in [7, 11) is 0. The predicted molar refractivity (Wildman–Crippen MR) is 105 cm³/mol. The minimum atomic E-state index is -0.239. The van der Waals surface area contributed by atoms with Crippen molar-refractivity contribution in [3.8, 4) is 0 Å². The third-order valence-electron chi connectivity index (χ3n) is 4.51. The number of amides is 1. The number of rotatable bonds is 13. The average molecular weight is 363 g/mol. The average Bonchev–Trinajstić information content (AvgIpc) is 2.66. The van der Waals surface area contributed by atoms with Crippen LogP contribution in [-0.4, -0.2) is 61.0 Å². The molecule has 0 atom stereocenters.